The van der Waals surface area contributed by atoms with Crippen LogP contribution in [0.5, 0.6) is 0 Å². The van der Waals surface area contributed by atoms with Crippen molar-refractivity contribution in [1.82, 2.24) is 10.2 Å². The number of rotatable bonds is 5. The summed E-state index contributed by atoms with van der Waals surface area (Å²) in [7, 11) is 0. The third-order valence-electron chi connectivity index (χ3n) is 4.86. The van der Waals surface area contributed by atoms with E-state index in [1.165, 1.54) is 5.56 Å². The van der Waals surface area contributed by atoms with Gasteiger partial charge in [0.15, 0.2) is 0 Å². The highest BCUT2D eigenvalue weighted by atomic mass is 16.4. The lowest BCUT2D eigenvalue weighted by Crippen LogP contribution is -2.50. The summed E-state index contributed by atoms with van der Waals surface area (Å²) in [4.78, 5) is 25.3. The van der Waals surface area contributed by atoms with E-state index in [9.17, 15) is 9.59 Å². The zero-order valence-electron chi connectivity index (χ0n) is 13.3. The molecule has 1 aromatic rings. The molecule has 0 aromatic heterocycles. The first kappa shape index (κ1) is 15.8. The van der Waals surface area contributed by atoms with Gasteiger partial charge in [-0.25, -0.2) is 4.79 Å². The van der Waals surface area contributed by atoms with Gasteiger partial charge in [-0.2, -0.15) is 0 Å². The Kier molecular flexibility index (Phi) is 4.84. The van der Waals surface area contributed by atoms with Crippen molar-refractivity contribution in [3.05, 3.63) is 35.9 Å². The van der Waals surface area contributed by atoms with Crippen LogP contribution in [0.25, 0.3) is 0 Å². The number of piperidine rings is 1. The van der Waals surface area contributed by atoms with Crippen molar-refractivity contribution in [3.63, 3.8) is 0 Å². The molecule has 2 amide bonds. The van der Waals surface area contributed by atoms with Crippen molar-refractivity contribution in [2.45, 2.75) is 38.1 Å². The molecule has 5 nitrogen and oxygen atoms in total. The van der Waals surface area contributed by atoms with Crippen molar-refractivity contribution in [2.24, 2.45) is 11.8 Å². The Hall–Kier alpha value is -2.04. The minimum absolute atomic E-state index is 0.108. The predicted molar refractivity (Wildman–Crippen MR) is 87.1 cm³/mol. The van der Waals surface area contributed by atoms with E-state index < -0.39 is 11.9 Å². The van der Waals surface area contributed by atoms with Crippen LogP contribution in [0.15, 0.2) is 30.3 Å². The second kappa shape index (κ2) is 7.02. The number of benzene rings is 1. The number of likely N-dealkylation sites (tertiary alicyclic amines) is 1. The molecule has 2 aliphatic rings. The van der Waals surface area contributed by atoms with E-state index in [4.69, 9.17) is 5.11 Å². The number of carbonyl (C=O) groups is 2. The number of nitrogens with one attached hydrogen (secondary N) is 1. The van der Waals surface area contributed by atoms with Gasteiger partial charge in [0.25, 0.3) is 0 Å². The Bertz CT molecular complexity index is 557. The summed E-state index contributed by atoms with van der Waals surface area (Å²) in [6, 6.07) is 10.2. The van der Waals surface area contributed by atoms with Crippen molar-refractivity contribution in [2.75, 3.05) is 13.1 Å². The SMILES string of the molecule is O=C(O)C1CCCN(C(=O)NC(Cc2ccccc2)C2CC2)C1. The number of hydrogen-bond donors (Lipinski definition) is 2. The second-order valence-corrected chi connectivity index (χ2v) is 6.71. The van der Waals surface area contributed by atoms with Gasteiger partial charge in [-0.05, 0) is 43.6 Å². The van der Waals surface area contributed by atoms with Crippen LogP contribution in [-0.4, -0.2) is 41.1 Å². The average Bonchev–Trinajstić information content (AvgIpc) is 3.40. The molecule has 1 aliphatic carbocycles. The molecule has 1 saturated heterocycles. The van der Waals surface area contributed by atoms with Gasteiger partial charge < -0.3 is 15.3 Å². The standard InChI is InChI=1S/C18H24N2O3/c21-17(22)15-7-4-10-20(12-15)18(23)19-16(14-8-9-14)11-13-5-2-1-3-6-13/h1-3,5-6,14-16H,4,7-12H2,(H,19,23)(H,21,22). The van der Waals surface area contributed by atoms with Gasteiger partial charge in [-0.3, -0.25) is 4.79 Å². The highest BCUT2D eigenvalue weighted by molar-refractivity contribution is 5.77. The minimum Gasteiger partial charge on any atom is -0.481 e. The van der Waals surface area contributed by atoms with Crippen LogP contribution in [0.3, 0.4) is 0 Å². The van der Waals surface area contributed by atoms with Crippen LogP contribution >= 0.6 is 0 Å². The molecule has 0 radical (unpaired) electrons. The Morgan fingerprint density at radius 1 is 1.22 bits per heavy atom. The van der Waals surface area contributed by atoms with E-state index in [1.807, 2.05) is 18.2 Å². The summed E-state index contributed by atoms with van der Waals surface area (Å²) < 4.78 is 0. The maximum absolute atomic E-state index is 12.5. The molecular formula is C18H24N2O3. The smallest absolute Gasteiger partial charge is 0.317 e. The van der Waals surface area contributed by atoms with E-state index in [0.717, 1.165) is 25.7 Å². The van der Waals surface area contributed by atoms with E-state index in [0.29, 0.717) is 25.4 Å². The summed E-state index contributed by atoms with van der Waals surface area (Å²) in [6.07, 6.45) is 4.59. The van der Waals surface area contributed by atoms with Gasteiger partial charge in [-0.1, -0.05) is 30.3 Å². The molecule has 1 saturated carbocycles. The fraction of sp³-hybridized carbons (Fsp3) is 0.556. The third kappa shape index (κ3) is 4.24. The maximum Gasteiger partial charge on any atom is 0.317 e. The fourth-order valence-corrected chi connectivity index (χ4v) is 3.32. The molecule has 2 unspecified atom stereocenters. The van der Waals surface area contributed by atoms with Gasteiger partial charge >= 0.3 is 12.0 Å². The Balaban J connectivity index is 1.59. The van der Waals surface area contributed by atoms with Gasteiger partial charge in [0.2, 0.25) is 0 Å². The Labute approximate surface area is 136 Å². The van der Waals surface area contributed by atoms with Crippen LogP contribution in [0, 0.1) is 11.8 Å². The molecule has 2 N–H and O–H groups in total. The lowest BCUT2D eigenvalue weighted by molar-refractivity contribution is -0.143. The molecule has 1 heterocycles. The molecule has 5 heteroatoms. The van der Waals surface area contributed by atoms with E-state index in [-0.39, 0.29) is 12.1 Å². The Morgan fingerprint density at radius 2 is 1.96 bits per heavy atom. The van der Waals surface area contributed by atoms with Crippen molar-refractivity contribution in [1.29, 1.82) is 0 Å². The van der Waals surface area contributed by atoms with Crippen LogP contribution in [0.4, 0.5) is 4.79 Å². The first-order valence-electron chi connectivity index (χ1n) is 8.45. The number of amides is 2. The molecule has 0 spiro atoms. The zero-order chi connectivity index (χ0) is 16.2. The molecular weight excluding hydrogens is 292 g/mol. The number of hydrogen-bond acceptors (Lipinski definition) is 2. The summed E-state index contributed by atoms with van der Waals surface area (Å²) in [6.45, 7) is 0.974. The third-order valence-corrected chi connectivity index (χ3v) is 4.86. The normalized spacial score (nSPS) is 22.4. The van der Waals surface area contributed by atoms with Crippen LogP contribution in [-0.2, 0) is 11.2 Å². The summed E-state index contributed by atoms with van der Waals surface area (Å²) in [5, 5.41) is 12.3. The lowest BCUT2D eigenvalue weighted by atomic mass is 9.98. The number of urea groups is 1. The number of aliphatic carboxylic acids is 1. The topological polar surface area (TPSA) is 69.6 Å². The highest BCUT2D eigenvalue weighted by Crippen LogP contribution is 2.34. The molecule has 1 aromatic carbocycles. The Morgan fingerprint density at radius 3 is 2.61 bits per heavy atom. The number of carbonyl (C=O) groups excluding carboxylic acids is 1. The van der Waals surface area contributed by atoms with E-state index in [2.05, 4.69) is 17.4 Å². The molecule has 3 rings (SSSR count). The first-order valence-corrected chi connectivity index (χ1v) is 8.45. The van der Waals surface area contributed by atoms with Crippen molar-refractivity contribution in [3.8, 4) is 0 Å². The molecule has 2 fully saturated rings. The van der Waals surface area contributed by atoms with Gasteiger partial charge in [0.1, 0.15) is 0 Å². The second-order valence-electron chi connectivity index (χ2n) is 6.71. The molecule has 2 atom stereocenters. The predicted octanol–water partition coefficient (Wildman–Crippen LogP) is 2.51. The molecule has 0 bridgehead atoms. The van der Waals surface area contributed by atoms with Crippen LogP contribution in [0.1, 0.15) is 31.2 Å². The largest absolute Gasteiger partial charge is 0.481 e. The van der Waals surface area contributed by atoms with Gasteiger partial charge in [-0.15, -0.1) is 0 Å². The lowest BCUT2D eigenvalue weighted by Gasteiger charge is -2.32. The number of carboxylic acids is 1. The van der Waals surface area contributed by atoms with Gasteiger partial charge in [0.05, 0.1) is 5.92 Å². The quantitative estimate of drug-likeness (QED) is 0.877. The van der Waals surface area contributed by atoms with Crippen molar-refractivity contribution < 1.29 is 14.7 Å². The van der Waals surface area contributed by atoms with Crippen LogP contribution < -0.4 is 5.32 Å². The molecule has 23 heavy (non-hydrogen) atoms. The summed E-state index contributed by atoms with van der Waals surface area (Å²) >= 11 is 0. The average molecular weight is 316 g/mol. The van der Waals surface area contributed by atoms with E-state index >= 15 is 0 Å². The zero-order valence-corrected chi connectivity index (χ0v) is 13.3. The minimum atomic E-state index is -0.800. The maximum atomic E-state index is 12.5. The first-order chi connectivity index (χ1) is 11.1. The van der Waals surface area contributed by atoms with Crippen molar-refractivity contribution >= 4 is 12.0 Å². The molecule has 1 aliphatic heterocycles. The summed E-state index contributed by atoms with van der Waals surface area (Å²) in [5.74, 6) is -0.673. The number of carboxylic acid groups (broad SMARTS) is 1. The monoisotopic (exact) mass is 316 g/mol. The highest BCUT2D eigenvalue weighted by Gasteiger charge is 2.34. The van der Waals surface area contributed by atoms with E-state index in [1.54, 1.807) is 4.90 Å². The summed E-state index contributed by atoms with van der Waals surface area (Å²) in [5.41, 5.74) is 1.23. The molecule has 124 valence electrons. The fourth-order valence-electron chi connectivity index (χ4n) is 3.32. The van der Waals surface area contributed by atoms with Crippen LogP contribution in [0.2, 0.25) is 0 Å². The number of nitrogens with zero attached hydrogens (tertiary/aromatic N) is 1. The van der Waals surface area contributed by atoms with Gasteiger partial charge in [0, 0.05) is 19.1 Å².